The summed E-state index contributed by atoms with van der Waals surface area (Å²) in [6.45, 7) is 8.40. The number of benzene rings is 1. The molecule has 3 heteroatoms. The Kier molecular flexibility index (Phi) is 6.19. The largest absolute Gasteiger partial charge is 0.369 e. The maximum absolute atomic E-state index is 13.1. The van der Waals surface area contributed by atoms with Crippen LogP contribution < -0.4 is 5.32 Å². The van der Waals surface area contributed by atoms with Crippen molar-refractivity contribution in [3.05, 3.63) is 35.6 Å². The van der Waals surface area contributed by atoms with Crippen LogP contribution in [-0.2, 0) is 4.74 Å². The molecule has 0 bridgehead atoms. The molecule has 2 rings (SSSR count). The lowest BCUT2D eigenvalue weighted by Gasteiger charge is -2.34. The Hall–Kier alpha value is -0.930. The van der Waals surface area contributed by atoms with E-state index in [1.165, 1.54) is 18.6 Å². The second kappa shape index (κ2) is 7.90. The lowest BCUT2D eigenvalue weighted by atomic mass is 9.81. The zero-order valence-electron chi connectivity index (χ0n) is 13.4. The van der Waals surface area contributed by atoms with Gasteiger partial charge in [0.15, 0.2) is 0 Å². The van der Waals surface area contributed by atoms with E-state index in [1.54, 1.807) is 0 Å². The lowest BCUT2D eigenvalue weighted by Crippen LogP contribution is -2.31. The summed E-state index contributed by atoms with van der Waals surface area (Å²) in [5.74, 6) is 1.26. The lowest BCUT2D eigenvalue weighted by molar-refractivity contribution is -0.0495. The van der Waals surface area contributed by atoms with Gasteiger partial charge in [0.2, 0.25) is 0 Å². The molecule has 2 nitrogen and oxygen atoms in total. The van der Waals surface area contributed by atoms with E-state index >= 15 is 0 Å². The van der Waals surface area contributed by atoms with Crippen molar-refractivity contribution >= 4 is 0 Å². The number of ether oxygens (including phenoxy) is 1. The fraction of sp³-hybridized carbons (Fsp3) is 0.667. The number of hydrogen-bond donors (Lipinski definition) is 1. The number of nitrogens with one attached hydrogen (secondary N) is 1. The number of likely N-dealkylation sites (N-methyl/N-ethyl adjacent to an activating group) is 1. The summed E-state index contributed by atoms with van der Waals surface area (Å²) in [5.41, 5.74) is 1.06. The Morgan fingerprint density at radius 3 is 2.33 bits per heavy atom. The molecule has 1 N–H and O–H groups in total. The van der Waals surface area contributed by atoms with Crippen molar-refractivity contribution in [3.8, 4) is 0 Å². The molecule has 1 aliphatic carbocycles. The summed E-state index contributed by atoms with van der Waals surface area (Å²) >= 11 is 0. The van der Waals surface area contributed by atoms with Crippen LogP contribution in [0.5, 0.6) is 0 Å². The van der Waals surface area contributed by atoms with Gasteiger partial charge in [-0.3, -0.25) is 0 Å². The van der Waals surface area contributed by atoms with Gasteiger partial charge in [-0.1, -0.05) is 32.9 Å². The van der Waals surface area contributed by atoms with E-state index in [1.807, 2.05) is 12.1 Å². The molecular weight excluding hydrogens is 265 g/mol. The van der Waals surface area contributed by atoms with Crippen molar-refractivity contribution < 1.29 is 9.13 Å². The van der Waals surface area contributed by atoms with Crippen molar-refractivity contribution in [2.45, 2.75) is 52.2 Å². The van der Waals surface area contributed by atoms with Crippen LogP contribution in [0.15, 0.2) is 24.3 Å². The van der Waals surface area contributed by atoms with E-state index in [0.29, 0.717) is 6.10 Å². The number of rotatable bonds is 6. The molecule has 1 aromatic rings. The Morgan fingerprint density at radius 1 is 1.14 bits per heavy atom. The van der Waals surface area contributed by atoms with E-state index in [0.717, 1.165) is 43.3 Å². The summed E-state index contributed by atoms with van der Waals surface area (Å²) in [5, 5.41) is 3.35. The van der Waals surface area contributed by atoms with E-state index < -0.39 is 0 Å². The zero-order valence-corrected chi connectivity index (χ0v) is 13.4. The van der Waals surface area contributed by atoms with Crippen molar-refractivity contribution in [1.29, 1.82) is 0 Å². The molecule has 0 spiro atoms. The normalized spacial score (nSPS) is 27.5. The Morgan fingerprint density at radius 2 is 1.76 bits per heavy atom. The minimum atomic E-state index is -0.194. The molecule has 0 aromatic heterocycles. The Bertz CT molecular complexity index is 410. The SMILES string of the molecule is CCNCC(OC1CC(C)CC(C)C1)c1ccc(F)cc1. The van der Waals surface area contributed by atoms with Gasteiger partial charge in [-0.15, -0.1) is 0 Å². The molecule has 3 unspecified atom stereocenters. The molecule has 1 aliphatic rings. The molecule has 1 fully saturated rings. The molecular formula is C18H28FNO. The van der Waals surface area contributed by atoms with Gasteiger partial charge in [0, 0.05) is 6.54 Å². The van der Waals surface area contributed by atoms with Crippen molar-refractivity contribution in [2.75, 3.05) is 13.1 Å². The van der Waals surface area contributed by atoms with Crippen LogP contribution in [0.4, 0.5) is 4.39 Å². The topological polar surface area (TPSA) is 21.3 Å². The Balaban J connectivity index is 2.03. The van der Waals surface area contributed by atoms with Gasteiger partial charge < -0.3 is 10.1 Å². The van der Waals surface area contributed by atoms with E-state index in [4.69, 9.17) is 4.74 Å². The van der Waals surface area contributed by atoms with E-state index in [-0.39, 0.29) is 11.9 Å². The van der Waals surface area contributed by atoms with Crippen LogP contribution in [0, 0.1) is 17.7 Å². The predicted octanol–water partition coefficient (Wildman–Crippen LogP) is 4.32. The van der Waals surface area contributed by atoms with Crippen LogP contribution in [0.25, 0.3) is 0 Å². The first-order chi connectivity index (χ1) is 10.1. The summed E-state index contributed by atoms with van der Waals surface area (Å²) in [6.07, 6.45) is 3.89. The first kappa shape index (κ1) is 16.4. The maximum Gasteiger partial charge on any atom is 0.123 e. The van der Waals surface area contributed by atoms with Crippen LogP contribution in [-0.4, -0.2) is 19.2 Å². The van der Waals surface area contributed by atoms with Crippen molar-refractivity contribution in [3.63, 3.8) is 0 Å². The quantitative estimate of drug-likeness (QED) is 0.843. The van der Waals surface area contributed by atoms with E-state index in [2.05, 4.69) is 26.1 Å². The van der Waals surface area contributed by atoms with Crippen LogP contribution in [0.2, 0.25) is 0 Å². The maximum atomic E-state index is 13.1. The van der Waals surface area contributed by atoms with Gasteiger partial charge in [0.1, 0.15) is 5.82 Å². The average Bonchev–Trinajstić information content (AvgIpc) is 2.43. The highest BCUT2D eigenvalue weighted by molar-refractivity contribution is 5.19. The monoisotopic (exact) mass is 293 g/mol. The molecule has 21 heavy (non-hydrogen) atoms. The minimum absolute atomic E-state index is 0.00745. The fourth-order valence-corrected chi connectivity index (χ4v) is 3.41. The molecule has 0 aliphatic heterocycles. The van der Waals surface area contributed by atoms with Gasteiger partial charge in [0.05, 0.1) is 12.2 Å². The first-order valence-electron chi connectivity index (χ1n) is 8.20. The van der Waals surface area contributed by atoms with Crippen LogP contribution >= 0.6 is 0 Å². The highest BCUT2D eigenvalue weighted by atomic mass is 19.1. The van der Waals surface area contributed by atoms with Gasteiger partial charge in [0.25, 0.3) is 0 Å². The zero-order chi connectivity index (χ0) is 15.2. The second-order valence-electron chi connectivity index (χ2n) is 6.52. The van der Waals surface area contributed by atoms with Gasteiger partial charge in [-0.25, -0.2) is 4.39 Å². The van der Waals surface area contributed by atoms with Crippen molar-refractivity contribution in [2.24, 2.45) is 11.8 Å². The molecule has 1 saturated carbocycles. The van der Waals surface area contributed by atoms with Crippen LogP contribution in [0.1, 0.15) is 51.7 Å². The smallest absolute Gasteiger partial charge is 0.123 e. The van der Waals surface area contributed by atoms with Crippen LogP contribution in [0.3, 0.4) is 0 Å². The molecule has 118 valence electrons. The third kappa shape index (κ3) is 5.08. The summed E-state index contributed by atoms with van der Waals surface area (Å²) in [6, 6.07) is 6.72. The average molecular weight is 293 g/mol. The summed E-state index contributed by atoms with van der Waals surface area (Å²) in [7, 11) is 0. The van der Waals surface area contributed by atoms with Gasteiger partial charge in [-0.05, 0) is 55.3 Å². The predicted molar refractivity (Wildman–Crippen MR) is 84.7 cm³/mol. The highest BCUT2D eigenvalue weighted by Crippen LogP contribution is 2.33. The highest BCUT2D eigenvalue weighted by Gasteiger charge is 2.27. The number of halogens is 1. The number of hydrogen-bond acceptors (Lipinski definition) is 2. The van der Waals surface area contributed by atoms with Gasteiger partial charge in [-0.2, -0.15) is 0 Å². The fourth-order valence-electron chi connectivity index (χ4n) is 3.41. The van der Waals surface area contributed by atoms with Crippen molar-refractivity contribution in [1.82, 2.24) is 5.32 Å². The molecule has 1 aromatic carbocycles. The molecule has 0 amide bonds. The standard InChI is InChI=1S/C18H28FNO/c1-4-20-12-18(15-5-7-16(19)8-6-15)21-17-10-13(2)9-14(3)11-17/h5-8,13-14,17-18,20H,4,9-12H2,1-3H3. The Labute approximate surface area is 128 Å². The summed E-state index contributed by atoms with van der Waals surface area (Å²) < 4.78 is 19.5. The molecule has 0 radical (unpaired) electrons. The molecule has 3 atom stereocenters. The third-order valence-electron chi connectivity index (χ3n) is 4.31. The summed E-state index contributed by atoms with van der Waals surface area (Å²) in [4.78, 5) is 0. The van der Waals surface area contributed by atoms with Gasteiger partial charge >= 0.3 is 0 Å². The molecule has 0 saturated heterocycles. The third-order valence-corrected chi connectivity index (χ3v) is 4.31. The second-order valence-corrected chi connectivity index (χ2v) is 6.52. The minimum Gasteiger partial charge on any atom is -0.369 e. The molecule has 0 heterocycles. The first-order valence-corrected chi connectivity index (χ1v) is 8.20. The van der Waals surface area contributed by atoms with E-state index in [9.17, 15) is 4.39 Å².